The molecule has 4 nitrogen and oxygen atoms in total. The van der Waals surface area contributed by atoms with Gasteiger partial charge in [0, 0.05) is 6.54 Å². The molecule has 0 aliphatic heterocycles. The van der Waals surface area contributed by atoms with Gasteiger partial charge < -0.3 is 9.84 Å². The lowest BCUT2D eigenvalue weighted by Crippen LogP contribution is -2.07. The lowest BCUT2D eigenvalue weighted by Gasteiger charge is -2.14. The molecule has 0 aliphatic carbocycles. The highest BCUT2D eigenvalue weighted by Gasteiger charge is 2.10. The maximum absolute atomic E-state index is 9.23. The first kappa shape index (κ1) is 15.6. The summed E-state index contributed by atoms with van der Waals surface area (Å²) >= 11 is 0. The second kappa shape index (κ2) is 6.76. The minimum absolute atomic E-state index is 0.0599. The summed E-state index contributed by atoms with van der Waals surface area (Å²) in [5, 5.41) is 13.8. The van der Waals surface area contributed by atoms with E-state index in [2.05, 4.69) is 25.0 Å². The van der Waals surface area contributed by atoms with Crippen molar-refractivity contribution in [1.82, 2.24) is 9.78 Å². The molecule has 2 rings (SSSR count). The van der Waals surface area contributed by atoms with Gasteiger partial charge >= 0.3 is 0 Å². The molecule has 1 aromatic carbocycles. The van der Waals surface area contributed by atoms with Crippen LogP contribution in [-0.2, 0) is 26.2 Å². The molecule has 0 spiro atoms. The number of hydrogen-bond acceptors (Lipinski definition) is 3. The van der Waals surface area contributed by atoms with Gasteiger partial charge in [0.15, 0.2) is 0 Å². The number of aryl methyl sites for hydroxylation is 4. The van der Waals surface area contributed by atoms with Crippen LogP contribution < -0.4 is 4.74 Å². The van der Waals surface area contributed by atoms with Crippen molar-refractivity contribution in [1.29, 1.82) is 0 Å². The average molecular weight is 288 g/mol. The highest BCUT2D eigenvalue weighted by atomic mass is 16.5. The molecule has 1 aromatic heterocycles. The second-order valence-corrected chi connectivity index (χ2v) is 5.30. The predicted molar refractivity (Wildman–Crippen MR) is 83.4 cm³/mol. The van der Waals surface area contributed by atoms with E-state index < -0.39 is 0 Å². The minimum Gasteiger partial charge on any atom is -0.487 e. The Labute approximate surface area is 126 Å². The average Bonchev–Trinajstić information content (AvgIpc) is 2.88. The van der Waals surface area contributed by atoms with Crippen LogP contribution in [0, 0.1) is 13.8 Å². The molecule has 0 atom stereocenters. The quantitative estimate of drug-likeness (QED) is 0.888. The zero-order chi connectivity index (χ0) is 15.4. The van der Waals surface area contributed by atoms with E-state index in [0.29, 0.717) is 6.61 Å². The number of aliphatic hydroxyl groups is 1. The third-order valence-electron chi connectivity index (χ3n) is 3.64. The molecule has 0 amide bonds. The van der Waals surface area contributed by atoms with Crippen LogP contribution in [-0.4, -0.2) is 14.9 Å². The van der Waals surface area contributed by atoms with Crippen molar-refractivity contribution >= 4 is 0 Å². The molecular weight excluding hydrogens is 264 g/mol. The molecule has 0 saturated heterocycles. The van der Waals surface area contributed by atoms with Gasteiger partial charge in [-0.15, -0.1) is 0 Å². The maximum Gasteiger partial charge on any atom is 0.130 e. The largest absolute Gasteiger partial charge is 0.487 e. The van der Waals surface area contributed by atoms with Crippen LogP contribution >= 0.6 is 0 Å². The SMILES string of the molecule is CCc1cc(COc2c(C)cc(CO)cc2C)n(CC)n1. The molecule has 4 heteroatoms. The summed E-state index contributed by atoms with van der Waals surface area (Å²) in [5.74, 6) is 0.897. The summed E-state index contributed by atoms with van der Waals surface area (Å²) in [6, 6.07) is 6.05. The van der Waals surface area contributed by atoms with Crippen LogP contribution in [0.25, 0.3) is 0 Å². The van der Waals surface area contributed by atoms with Gasteiger partial charge in [0.2, 0.25) is 0 Å². The molecule has 1 heterocycles. The van der Waals surface area contributed by atoms with E-state index in [9.17, 15) is 5.11 Å². The second-order valence-electron chi connectivity index (χ2n) is 5.30. The summed E-state index contributed by atoms with van der Waals surface area (Å²) in [4.78, 5) is 0. The van der Waals surface area contributed by atoms with Crippen LogP contribution in [0.5, 0.6) is 5.75 Å². The molecule has 2 aromatic rings. The van der Waals surface area contributed by atoms with E-state index in [1.807, 2.05) is 30.7 Å². The standard InChI is InChI=1S/C17H24N2O2/c1-5-15-9-16(19(6-2)18-15)11-21-17-12(3)7-14(10-20)8-13(17)4/h7-9,20H,5-6,10-11H2,1-4H3. The number of aliphatic hydroxyl groups excluding tert-OH is 1. The Hall–Kier alpha value is -1.81. The van der Waals surface area contributed by atoms with Crippen molar-refractivity contribution < 1.29 is 9.84 Å². The van der Waals surface area contributed by atoms with Gasteiger partial charge in [-0.05, 0) is 49.9 Å². The molecular formula is C17H24N2O2. The molecule has 1 N–H and O–H groups in total. The van der Waals surface area contributed by atoms with Crippen molar-refractivity contribution in [2.45, 2.75) is 53.9 Å². The van der Waals surface area contributed by atoms with E-state index in [4.69, 9.17) is 4.74 Å². The van der Waals surface area contributed by atoms with Crippen molar-refractivity contribution in [3.63, 3.8) is 0 Å². The Balaban J connectivity index is 2.18. The highest BCUT2D eigenvalue weighted by molar-refractivity contribution is 5.43. The Morgan fingerprint density at radius 2 is 1.81 bits per heavy atom. The van der Waals surface area contributed by atoms with Crippen molar-refractivity contribution in [3.05, 3.63) is 46.3 Å². The third kappa shape index (κ3) is 3.45. The molecule has 0 aliphatic rings. The van der Waals surface area contributed by atoms with E-state index in [-0.39, 0.29) is 6.61 Å². The Morgan fingerprint density at radius 1 is 1.14 bits per heavy atom. The van der Waals surface area contributed by atoms with Crippen molar-refractivity contribution in [2.24, 2.45) is 0 Å². The molecule has 21 heavy (non-hydrogen) atoms. The van der Waals surface area contributed by atoms with Crippen molar-refractivity contribution in [3.8, 4) is 5.75 Å². The zero-order valence-corrected chi connectivity index (χ0v) is 13.3. The van der Waals surface area contributed by atoms with Crippen LogP contribution in [0.1, 0.15) is 41.9 Å². The van der Waals surface area contributed by atoms with Crippen LogP contribution in [0.4, 0.5) is 0 Å². The third-order valence-corrected chi connectivity index (χ3v) is 3.64. The van der Waals surface area contributed by atoms with E-state index in [1.54, 1.807) is 0 Å². The number of ether oxygens (including phenoxy) is 1. The first-order chi connectivity index (χ1) is 10.1. The van der Waals surface area contributed by atoms with Gasteiger partial charge in [-0.1, -0.05) is 19.1 Å². The summed E-state index contributed by atoms with van der Waals surface area (Å²) in [6.07, 6.45) is 0.934. The fourth-order valence-corrected chi connectivity index (χ4v) is 2.58. The molecule has 0 bridgehead atoms. The molecule has 0 unspecified atom stereocenters. The van der Waals surface area contributed by atoms with Crippen LogP contribution in [0.2, 0.25) is 0 Å². The number of hydrogen-bond donors (Lipinski definition) is 1. The van der Waals surface area contributed by atoms with E-state index in [0.717, 1.165) is 46.8 Å². The van der Waals surface area contributed by atoms with Gasteiger partial charge in [-0.2, -0.15) is 5.10 Å². The molecule has 114 valence electrons. The van der Waals surface area contributed by atoms with Crippen LogP contribution in [0.15, 0.2) is 18.2 Å². The summed E-state index contributed by atoms with van der Waals surface area (Å²) < 4.78 is 8.00. The molecule has 0 radical (unpaired) electrons. The number of benzene rings is 1. The fourth-order valence-electron chi connectivity index (χ4n) is 2.58. The van der Waals surface area contributed by atoms with Crippen molar-refractivity contribution in [2.75, 3.05) is 0 Å². The summed E-state index contributed by atoms with van der Waals surface area (Å²) in [6.45, 7) is 9.63. The van der Waals surface area contributed by atoms with Gasteiger partial charge in [0.1, 0.15) is 12.4 Å². The summed E-state index contributed by atoms with van der Waals surface area (Å²) in [7, 11) is 0. The monoisotopic (exact) mass is 288 g/mol. The number of rotatable bonds is 6. The fraction of sp³-hybridized carbons (Fsp3) is 0.471. The topological polar surface area (TPSA) is 47.3 Å². The molecule has 0 fully saturated rings. The van der Waals surface area contributed by atoms with Gasteiger partial charge in [0.25, 0.3) is 0 Å². The van der Waals surface area contributed by atoms with Crippen LogP contribution in [0.3, 0.4) is 0 Å². The minimum atomic E-state index is 0.0599. The first-order valence-electron chi connectivity index (χ1n) is 7.48. The highest BCUT2D eigenvalue weighted by Crippen LogP contribution is 2.26. The number of nitrogens with zero attached hydrogens (tertiary/aromatic N) is 2. The normalized spacial score (nSPS) is 10.9. The lowest BCUT2D eigenvalue weighted by atomic mass is 10.1. The van der Waals surface area contributed by atoms with E-state index in [1.165, 1.54) is 0 Å². The lowest BCUT2D eigenvalue weighted by molar-refractivity contribution is 0.278. The zero-order valence-electron chi connectivity index (χ0n) is 13.3. The van der Waals surface area contributed by atoms with Gasteiger partial charge in [-0.3, -0.25) is 4.68 Å². The smallest absolute Gasteiger partial charge is 0.130 e. The predicted octanol–water partition coefficient (Wildman–Crippen LogP) is 3.15. The molecule has 0 saturated carbocycles. The van der Waals surface area contributed by atoms with E-state index >= 15 is 0 Å². The number of aromatic nitrogens is 2. The van der Waals surface area contributed by atoms with Gasteiger partial charge in [-0.25, -0.2) is 0 Å². The maximum atomic E-state index is 9.23. The Morgan fingerprint density at radius 3 is 2.33 bits per heavy atom. The van der Waals surface area contributed by atoms with Gasteiger partial charge in [0.05, 0.1) is 18.0 Å². The summed E-state index contributed by atoms with van der Waals surface area (Å²) in [5.41, 5.74) is 5.22. The Bertz CT molecular complexity index is 594. The first-order valence-corrected chi connectivity index (χ1v) is 7.48. The Kier molecular flexibility index (Phi) is 5.02.